The first kappa shape index (κ1) is 21.0. The summed E-state index contributed by atoms with van der Waals surface area (Å²) in [6.45, 7) is 3.61. The SMILES string of the molecule is CC=CC=CC(=O)[O-].CC=CC=CC(=O)[O-].[Mg+2]. The number of allylic oxidation sites excluding steroid dienone is 6. The predicted octanol–water partition coefficient (Wildman–Crippen LogP) is -0.644. The number of hydrogen-bond donors (Lipinski definition) is 0. The summed E-state index contributed by atoms with van der Waals surface area (Å²) in [5.41, 5.74) is 0. The summed E-state index contributed by atoms with van der Waals surface area (Å²) in [6, 6.07) is 0. The van der Waals surface area contributed by atoms with Crippen LogP contribution in [0, 0.1) is 0 Å². The van der Waals surface area contributed by atoms with Gasteiger partial charge in [-0.3, -0.25) is 0 Å². The van der Waals surface area contributed by atoms with Gasteiger partial charge in [-0.2, -0.15) is 0 Å². The van der Waals surface area contributed by atoms with Gasteiger partial charge in [0, 0.05) is 0 Å². The van der Waals surface area contributed by atoms with Crippen molar-refractivity contribution in [2.24, 2.45) is 0 Å². The monoisotopic (exact) mass is 246 g/mol. The smallest absolute Gasteiger partial charge is 0.545 e. The second-order valence-corrected chi connectivity index (χ2v) is 2.41. The molecule has 17 heavy (non-hydrogen) atoms. The van der Waals surface area contributed by atoms with Gasteiger partial charge in [-0.1, -0.05) is 36.5 Å². The molecule has 0 aromatic heterocycles. The minimum absolute atomic E-state index is 0. The van der Waals surface area contributed by atoms with E-state index >= 15 is 0 Å². The van der Waals surface area contributed by atoms with E-state index in [1.54, 1.807) is 38.2 Å². The summed E-state index contributed by atoms with van der Waals surface area (Å²) >= 11 is 0. The topological polar surface area (TPSA) is 80.3 Å². The Hall–Kier alpha value is -1.33. The molecule has 0 aromatic rings. The number of carboxylic acids is 2. The fourth-order valence-electron chi connectivity index (χ4n) is 0.490. The van der Waals surface area contributed by atoms with Gasteiger partial charge in [-0.05, 0) is 26.0 Å². The van der Waals surface area contributed by atoms with Crippen molar-refractivity contribution >= 4 is 35.0 Å². The van der Waals surface area contributed by atoms with Crippen LogP contribution in [0.15, 0.2) is 48.6 Å². The van der Waals surface area contributed by atoms with E-state index in [9.17, 15) is 19.8 Å². The first-order chi connectivity index (χ1) is 7.54. The summed E-state index contributed by atoms with van der Waals surface area (Å²) < 4.78 is 0. The van der Waals surface area contributed by atoms with E-state index in [-0.39, 0.29) is 23.1 Å². The summed E-state index contributed by atoms with van der Waals surface area (Å²) in [5, 5.41) is 19.3. The summed E-state index contributed by atoms with van der Waals surface area (Å²) in [6.07, 6.45) is 11.5. The Morgan fingerprint density at radius 2 is 1.06 bits per heavy atom. The fraction of sp³-hybridized carbons (Fsp3) is 0.167. The van der Waals surface area contributed by atoms with Crippen LogP contribution >= 0.6 is 0 Å². The molecule has 0 radical (unpaired) electrons. The summed E-state index contributed by atoms with van der Waals surface area (Å²) in [5.74, 6) is -2.33. The van der Waals surface area contributed by atoms with E-state index in [2.05, 4.69) is 0 Å². The Kier molecular flexibility index (Phi) is 21.1. The Balaban J connectivity index is -0.000000218. The molecule has 0 rings (SSSR count). The van der Waals surface area contributed by atoms with Crippen molar-refractivity contribution in [3.8, 4) is 0 Å². The average molecular weight is 247 g/mol. The number of aliphatic carboxylic acids is 2. The van der Waals surface area contributed by atoms with Crippen molar-refractivity contribution in [3.05, 3.63) is 48.6 Å². The third kappa shape index (κ3) is 31.3. The molecule has 4 nitrogen and oxygen atoms in total. The van der Waals surface area contributed by atoms with Crippen LogP contribution in [0.4, 0.5) is 0 Å². The minimum atomic E-state index is -1.16. The molecule has 0 aromatic carbocycles. The second-order valence-electron chi connectivity index (χ2n) is 2.41. The molecule has 0 aliphatic carbocycles. The molecule has 88 valence electrons. The van der Waals surface area contributed by atoms with Crippen molar-refractivity contribution in [1.29, 1.82) is 0 Å². The minimum Gasteiger partial charge on any atom is -0.545 e. The molecule has 0 aliphatic rings. The molecule has 0 atom stereocenters. The summed E-state index contributed by atoms with van der Waals surface area (Å²) in [4.78, 5) is 19.3. The molecule has 0 spiro atoms. The van der Waals surface area contributed by atoms with Crippen LogP contribution in [0.25, 0.3) is 0 Å². The molecule has 0 aliphatic heterocycles. The van der Waals surface area contributed by atoms with Crippen LogP contribution in [-0.4, -0.2) is 35.0 Å². The van der Waals surface area contributed by atoms with E-state index < -0.39 is 11.9 Å². The maximum absolute atomic E-state index is 9.64. The van der Waals surface area contributed by atoms with Gasteiger partial charge in [0.05, 0.1) is 11.9 Å². The van der Waals surface area contributed by atoms with Crippen LogP contribution in [0.3, 0.4) is 0 Å². The molecular formula is C12H14MgO4. The zero-order valence-corrected chi connectivity index (χ0v) is 11.4. The van der Waals surface area contributed by atoms with Crippen molar-refractivity contribution in [2.75, 3.05) is 0 Å². The van der Waals surface area contributed by atoms with Gasteiger partial charge >= 0.3 is 23.1 Å². The number of carboxylic acid groups (broad SMARTS) is 2. The zero-order valence-electron chi connectivity index (χ0n) is 9.96. The standard InChI is InChI=1S/2C6H8O2.Mg/c2*1-2-3-4-5-6(7)8;/h2*2-5H,1H3,(H,7,8);/q;;+2/p-2. The third-order valence-electron chi connectivity index (χ3n) is 1.07. The average Bonchev–Trinajstić information content (AvgIpc) is 2.18. The van der Waals surface area contributed by atoms with Gasteiger partial charge in [0.1, 0.15) is 0 Å². The van der Waals surface area contributed by atoms with E-state index in [4.69, 9.17) is 0 Å². The predicted molar refractivity (Wildman–Crippen MR) is 63.7 cm³/mol. The maximum atomic E-state index is 9.64. The molecule has 0 fully saturated rings. The molecule has 0 heterocycles. The largest absolute Gasteiger partial charge is 2.00 e. The number of carbonyl (C=O) groups excluding carboxylic acids is 2. The van der Waals surface area contributed by atoms with E-state index in [0.29, 0.717) is 0 Å². The Morgan fingerprint density at radius 1 is 0.765 bits per heavy atom. The molecule has 0 unspecified atom stereocenters. The van der Waals surface area contributed by atoms with Crippen LogP contribution in [0.1, 0.15) is 13.8 Å². The molecule has 0 amide bonds. The van der Waals surface area contributed by atoms with Crippen molar-refractivity contribution < 1.29 is 19.8 Å². The number of hydrogen-bond acceptors (Lipinski definition) is 4. The number of rotatable bonds is 4. The maximum Gasteiger partial charge on any atom is 2.00 e. The van der Waals surface area contributed by atoms with Crippen molar-refractivity contribution in [2.45, 2.75) is 13.8 Å². The van der Waals surface area contributed by atoms with Gasteiger partial charge in [0.2, 0.25) is 0 Å². The molecule has 0 saturated carbocycles. The van der Waals surface area contributed by atoms with Crippen LogP contribution < -0.4 is 10.2 Å². The van der Waals surface area contributed by atoms with Crippen LogP contribution in [-0.2, 0) is 9.59 Å². The van der Waals surface area contributed by atoms with Crippen LogP contribution in [0.2, 0.25) is 0 Å². The first-order valence-corrected chi connectivity index (χ1v) is 4.55. The Bertz CT molecular complexity index is 282. The van der Waals surface area contributed by atoms with Crippen molar-refractivity contribution in [1.82, 2.24) is 0 Å². The molecule has 0 bridgehead atoms. The van der Waals surface area contributed by atoms with Gasteiger partial charge < -0.3 is 19.8 Å². The molecular weight excluding hydrogens is 232 g/mol. The van der Waals surface area contributed by atoms with Gasteiger partial charge in [-0.15, -0.1) is 0 Å². The summed E-state index contributed by atoms with van der Waals surface area (Å²) in [7, 11) is 0. The van der Waals surface area contributed by atoms with Crippen LogP contribution in [0.5, 0.6) is 0 Å². The normalized spacial score (nSPS) is 10.5. The van der Waals surface area contributed by atoms with E-state index in [1.807, 2.05) is 0 Å². The van der Waals surface area contributed by atoms with Gasteiger partial charge in [-0.25, -0.2) is 0 Å². The fourth-order valence-corrected chi connectivity index (χ4v) is 0.490. The zero-order chi connectivity index (χ0) is 12.8. The third-order valence-corrected chi connectivity index (χ3v) is 1.07. The second kappa shape index (κ2) is 17.1. The Labute approximate surface area is 117 Å². The first-order valence-electron chi connectivity index (χ1n) is 4.55. The number of carbonyl (C=O) groups is 2. The van der Waals surface area contributed by atoms with Crippen molar-refractivity contribution in [3.63, 3.8) is 0 Å². The van der Waals surface area contributed by atoms with Gasteiger partial charge in [0.15, 0.2) is 0 Å². The quantitative estimate of drug-likeness (QED) is 0.375. The molecule has 5 heteroatoms. The van der Waals surface area contributed by atoms with Gasteiger partial charge in [0.25, 0.3) is 0 Å². The molecule has 0 saturated heterocycles. The molecule has 0 N–H and O–H groups in total. The van der Waals surface area contributed by atoms with E-state index in [0.717, 1.165) is 12.2 Å². The Morgan fingerprint density at radius 3 is 1.24 bits per heavy atom. The van der Waals surface area contributed by atoms with E-state index in [1.165, 1.54) is 12.2 Å².